The molecule has 0 aliphatic heterocycles. The van der Waals surface area contributed by atoms with Gasteiger partial charge in [-0.3, -0.25) is 0 Å². The molecule has 1 unspecified atom stereocenters. The summed E-state index contributed by atoms with van der Waals surface area (Å²) in [5.74, 6) is 0. The van der Waals surface area contributed by atoms with Crippen molar-refractivity contribution < 1.29 is 0 Å². The Bertz CT molecular complexity index is 384. The molecule has 0 radical (unpaired) electrons. The monoisotopic (exact) mass is 235 g/mol. The van der Waals surface area contributed by atoms with Crippen LogP contribution in [0.4, 0.5) is 0 Å². The quantitative estimate of drug-likeness (QED) is 0.785. The first-order valence-corrected chi connectivity index (χ1v) is 6.28. The number of halogens is 1. The van der Waals surface area contributed by atoms with Gasteiger partial charge in [-0.1, -0.05) is 35.9 Å². The highest BCUT2D eigenvalue weighted by Gasteiger charge is 2.07. The van der Waals surface area contributed by atoms with E-state index < -0.39 is 0 Å². The number of allylic oxidation sites excluding steroid dienone is 1. The van der Waals surface area contributed by atoms with Crippen LogP contribution in [0, 0.1) is 6.92 Å². The maximum Gasteiger partial charge on any atom is 0.0435 e. The Labute approximate surface area is 103 Å². The van der Waals surface area contributed by atoms with E-state index in [0.29, 0.717) is 6.04 Å². The van der Waals surface area contributed by atoms with E-state index in [0.717, 1.165) is 17.1 Å². The van der Waals surface area contributed by atoms with E-state index in [1.54, 1.807) is 0 Å². The van der Waals surface area contributed by atoms with Gasteiger partial charge in [0.1, 0.15) is 0 Å². The number of benzene rings is 1. The molecule has 1 nitrogen and oxygen atoms in total. The number of hydrogen-bond acceptors (Lipinski definition) is 1. The average molecular weight is 236 g/mol. The number of rotatable bonds is 3. The van der Waals surface area contributed by atoms with E-state index in [4.69, 9.17) is 11.6 Å². The fourth-order valence-electron chi connectivity index (χ4n) is 2.05. The first-order valence-electron chi connectivity index (χ1n) is 5.91. The Morgan fingerprint density at radius 1 is 1.44 bits per heavy atom. The van der Waals surface area contributed by atoms with Crippen LogP contribution in [0.1, 0.15) is 30.4 Å². The summed E-state index contributed by atoms with van der Waals surface area (Å²) in [6.07, 6.45) is 8.34. The third kappa shape index (κ3) is 3.10. The van der Waals surface area contributed by atoms with Gasteiger partial charge < -0.3 is 5.32 Å². The molecule has 0 heterocycles. The van der Waals surface area contributed by atoms with Crippen LogP contribution in [0.15, 0.2) is 30.4 Å². The molecule has 0 aromatic heterocycles. The van der Waals surface area contributed by atoms with Crippen molar-refractivity contribution >= 4 is 11.6 Å². The standard InChI is InChI=1S/C14H18ClN/c1-11-9-12(7-8-14(11)15)10-16-13-5-3-2-4-6-13/h3,5,7-9,13,16H,2,4,6,10H2,1H3. The Morgan fingerprint density at radius 3 is 3.00 bits per heavy atom. The highest BCUT2D eigenvalue weighted by atomic mass is 35.5. The molecule has 0 fully saturated rings. The van der Waals surface area contributed by atoms with Gasteiger partial charge in [-0.05, 0) is 43.4 Å². The maximum atomic E-state index is 6.00. The van der Waals surface area contributed by atoms with Crippen molar-refractivity contribution in [3.63, 3.8) is 0 Å². The molecule has 0 bridgehead atoms. The normalized spacial score (nSPS) is 20.0. The lowest BCUT2D eigenvalue weighted by atomic mass is 10.0. The van der Waals surface area contributed by atoms with Crippen LogP contribution in [0.3, 0.4) is 0 Å². The Balaban J connectivity index is 1.91. The maximum absolute atomic E-state index is 6.00. The van der Waals surface area contributed by atoms with Gasteiger partial charge in [-0.15, -0.1) is 0 Å². The molecule has 0 saturated carbocycles. The highest BCUT2D eigenvalue weighted by molar-refractivity contribution is 6.31. The van der Waals surface area contributed by atoms with Gasteiger partial charge in [0.05, 0.1) is 0 Å². The first kappa shape index (κ1) is 11.7. The van der Waals surface area contributed by atoms with Crippen LogP contribution in [0.25, 0.3) is 0 Å². The lowest BCUT2D eigenvalue weighted by Crippen LogP contribution is -2.27. The molecule has 2 rings (SSSR count). The predicted octanol–water partition coefficient (Wildman–Crippen LogP) is 3.85. The van der Waals surface area contributed by atoms with Crippen molar-refractivity contribution in [1.82, 2.24) is 5.32 Å². The van der Waals surface area contributed by atoms with E-state index >= 15 is 0 Å². The van der Waals surface area contributed by atoms with E-state index in [9.17, 15) is 0 Å². The van der Waals surface area contributed by atoms with Crippen LogP contribution >= 0.6 is 11.6 Å². The minimum atomic E-state index is 0.546. The molecule has 1 aromatic carbocycles. The minimum absolute atomic E-state index is 0.546. The summed E-state index contributed by atoms with van der Waals surface area (Å²) < 4.78 is 0. The van der Waals surface area contributed by atoms with Crippen LogP contribution in [-0.2, 0) is 6.54 Å². The molecule has 0 saturated heterocycles. The summed E-state index contributed by atoms with van der Waals surface area (Å²) in [6, 6.07) is 6.77. The third-order valence-corrected chi connectivity index (χ3v) is 3.47. The summed E-state index contributed by atoms with van der Waals surface area (Å²) in [4.78, 5) is 0. The van der Waals surface area contributed by atoms with Gasteiger partial charge in [0.15, 0.2) is 0 Å². The molecular formula is C14H18ClN. The topological polar surface area (TPSA) is 12.0 Å². The molecule has 1 N–H and O–H groups in total. The SMILES string of the molecule is Cc1cc(CNC2C=CCCC2)ccc1Cl. The molecule has 1 aromatic rings. The van der Waals surface area contributed by atoms with E-state index in [1.807, 2.05) is 13.0 Å². The molecule has 0 spiro atoms. The molecule has 86 valence electrons. The Hall–Kier alpha value is -0.790. The van der Waals surface area contributed by atoms with Crippen molar-refractivity contribution in [3.05, 3.63) is 46.5 Å². The summed E-state index contributed by atoms with van der Waals surface area (Å²) in [5.41, 5.74) is 2.46. The highest BCUT2D eigenvalue weighted by Crippen LogP contribution is 2.17. The van der Waals surface area contributed by atoms with E-state index in [2.05, 4.69) is 29.6 Å². The molecule has 2 heteroatoms. The van der Waals surface area contributed by atoms with Crippen LogP contribution in [0.5, 0.6) is 0 Å². The van der Waals surface area contributed by atoms with Gasteiger partial charge in [0.2, 0.25) is 0 Å². The number of aryl methyl sites for hydroxylation is 1. The Morgan fingerprint density at radius 2 is 2.31 bits per heavy atom. The second kappa shape index (κ2) is 5.51. The lowest BCUT2D eigenvalue weighted by Gasteiger charge is -2.18. The van der Waals surface area contributed by atoms with E-state index in [-0.39, 0.29) is 0 Å². The second-order valence-corrected chi connectivity index (χ2v) is 4.84. The summed E-state index contributed by atoms with van der Waals surface area (Å²) >= 11 is 6.00. The largest absolute Gasteiger partial charge is 0.306 e. The summed E-state index contributed by atoms with van der Waals surface area (Å²) in [6.45, 7) is 2.97. The fourth-order valence-corrected chi connectivity index (χ4v) is 2.17. The zero-order valence-corrected chi connectivity index (χ0v) is 10.4. The molecule has 16 heavy (non-hydrogen) atoms. The van der Waals surface area contributed by atoms with Crippen LogP contribution in [-0.4, -0.2) is 6.04 Å². The minimum Gasteiger partial charge on any atom is -0.306 e. The predicted molar refractivity (Wildman–Crippen MR) is 69.8 cm³/mol. The van der Waals surface area contributed by atoms with Gasteiger partial charge >= 0.3 is 0 Å². The van der Waals surface area contributed by atoms with Gasteiger partial charge in [-0.25, -0.2) is 0 Å². The summed E-state index contributed by atoms with van der Waals surface area (Å²) in [5, 5.41) is 4.40. The van der Waals surface area contributed by atoms with E-state index in [1.165, 1.54) is 24.8 Å². The second-order valence-electron chi connectivity index (χ2n) is 4.43. The van der Waals surface area contributed by atoms with Crippen molar-refractivity contribution in [2.24, 2.45) is 0 Å². The molecule has 0 amide bonds. The third-order valence-electron chi connectivity index (χ3n) is 3.05. The molecule has 1 aliphatic carbocycles. The molecule has 1 aliphatic rings. The van der Waals surface area contributed by atoms with Gasteiger partial charge in [0, 0.05) is 17.6 Å². The van der Waals surface area contributed by atoms with Crippen molar-refractivity contribution in [2.75, 3.05) is 0 Å². The summed E-state index contributed by atoms with van der Waals surface area (Å²) in [7, 11) is 0. The smallest absolute Gasteiger partial charge is 0.0435 e. The van der Waals surface area contributed by atoms with Gasteiger partial charge in [-0.2, -0.15) is 0 Å². The van der Waals surface area contributed by atoms with Gasteiger partial charge in [0.25, 0.3) is 0 Å². The van der Waals surface area contributed by atoms with Crippen molar-refractivity contribution in [2.45, 2.75) is 38.8 Å². The first-order chi connectivity index (χ1) is 7.75. The van der Waals surface area contributed by atoms with Crippen molar-refractivity contribution in [3.8, 4) is 0 Å². The number of hydrogen-bond donors (Lipinski definition) is 1. The zero-order valence-electron chi connectivity index (χ0n) is 9.67. The average Bonchev–Trinajstić information content (AvgIpc) is 2.32. The number of nitrogens with one attached hydrogen (secondary N) is 1. The zero-order chi connectivity index (χ0) is 11.4. The van der Waals surface area contributed by atoms with Crippen LogP contribution in [0.2, 0.25) is 5.02 Å². The van der Waals surface area contributed by atoms with Crippen molar-refractivity contribution in [1.29, 1.82) is 0 Å². The Kier molecular flexibility index (Phi) is 4.03. The lowest BCUT2D eigenvalue weighted by molar-refractivity contribution is 0.522. The molecule has 1 atom stereocenters. The molecular weight excluding hydrogens is 218 g/mol. The van der Waals surface area contributed by atoms with Crippen LogP contribution < -0.4 is 5.32 Å². The fraction of sp³-hybridized carbons (Fsp3) is 0.429.